The number of hydrogen-bond donors (Lipinski definition) is 1. The Bertz CT molecular complexity index is 1120. The van der Waals surface area contributed by atoms with Crippen molar-refractivity contribution >= 4 is 29.2 Å². The molecule has 6 heteroatoms. The Hall–Kier alpha value is -3.25. The molecule has 2 amide bonds. The third-order valence-electron chi connectivity index (χ3n) is 5.20. The number of amides is 2. The molecule has 4 nitrogen and oxygen atoms in total. The molecule has 0 aliphatic carbocycles. The monoisotopic (exact) mass is 434 g/mol. The van der Waals surface area contributed by atoms with Crippen molar-refractivity contribution in [3.8, 4) is 10.4 Å². The van der Waals surface area contributed by atoms with Crippen molar-refractivity contribution in [2.75, 3.05) is 13.1 Å². The molecular formula is C25H23FN2O2S. The highest BCUT2D eigenvalue weighted by atomic mass is 32.1. The average molecular weight is 435 g/mol. The van der Waals surface area contributed by atoms with Gasteiger partial charge in [-0.05, 0) is 54.8 Å². The average Bonchev–Trinajstić information content (AvgIpc) is 3.49. The summed E-state index contributed by atoms with van der Waals surface area (Å²) in [5.74, 6) is -0.436. The Morgan fingerprint density at radius 2 is 1.84 bits per heavy atom. The van der Waals surface area contributed by atoms with E-state index >= 15 is 0 Å². The molecule has 0 bridgehead atoms. The fourth-order valence-electron chi connectivity index (χ4n) is 3.57. The fourth-order valence-corrected chi connectivity index (χ4v) is 4.51. The van der Waals surface area contributed by atoms with Crippen LogP contribution < -0.4 is 5.32 Å². The van der Waals surface area contributed by atoms with E-state index in [1.807, 2.05) is 41.3 Å². The summed E-state index contributed by atoms with van der Waals surface area (Å²) in [5, 5.41) is 2.85. The lowest BCUT2D eigenvalue weighted by Crippen LogP contribution is -2.27. The van der Waals surface area contributed by atoms with Crippen molar-refractivity contribution in [1.29, 1.82) is 0 Å². The van der Waals surface area contributed by atoms with Crippen LogP contribution in [0, 0.1) is 5.82 Å². The summed E-state index contributed by atoms with van der Waals surface area (Å²) in [6.07, 6.45) is 5.30. The predicted molar refractivity (Wildman–Crippen MR) is 122 cm³/mol. The summed E-state index contributed by atoms with van der Waals surface area (Å²) in [5.41, 5.74) is 2.09. The summed E-state index contributed by atoms with van der Waals surface area (Å²) < 4.78 is 13.9. The van der Waals surface area contributed by atoms with Crippen LogP contribution in [0.15, 0.2) is 66.7 Å². The quantitative estimate of drug-likeness (QED) is 0.548. The molecule has 1 aliphatic rings. The molecule has 0 spiro atoms. The van der Waals surface area contributed by atoms with Crippen LogP contribution in [0.2, 0.25) is 0 Å². The van der Waals surface area contributed by atoms with Crippen LogP contribution in [0.4, 0.5) is 4.39 Å². The van der Waals surface area contributed by atoms with Gasteiger partial charge in [0.1, 0.15) is 5.82 Å². The highest BCUT2D eigenvalue weighted by Crippen LogP contribution is 2.30. The Kier molecular flexibility index (Phi) is 6.57. The fraction of sp³-hybridized carbons (Fsp3) is 0.200. The minimum Gasteiger partial charge on any atom is -0.348 e. The van der Waals surface area contributed by atoms with Gasteiger partial charge in [-0.15, -0.1) is 11.3 Å². The smallest absolute Gasteiger partial charge is 0.253 e. The first kappa shape index (κ1) is 21.0. The molecule has 3 aromatic rings. The number of likely N-dealkylation sites (tertiary alicyclic amines) is 1. The molecule has 31 heavy (non-hydrogen) atoms. The van der Waals surface area contributed by atoms with E-state index in [1.165, 1.54) is 23.5 Å². The number of hydrogen-bond acceptors (Lipinski definition) is 3. The Labute approximate surface area is 185 Å². The largest absolute Gasteiger partial charge is 0.348 e. The molecule has 1 fully saturated rings. The normalized spacial score (nSPS) is 13.6. The van der Waals surface area contributed by atoms with Crippen LogP contribution in [0.1, 0.15) is 33.6 Å². The van der Waals surface area contributed by atoms with Gasteiger partial charge in [-0.25, -0.2) is 4.39 Å². The van der Waals surface area contributed by atoms with E-state index in [0.29, 0.717) is 17.7 Å². The number of carbonyl (C=O) groups excluding carboxylic acids is 2. The molecule has 1 aromatic heterocycles. The SMILES string of the molecule is O=C(C=Cc1ccc(-c2ccccc2F)s1)NCc1cccc(C(=O)N2CCCC2)c1. The molecule has 0 atom stereocenters. The zero-order valence-electron chi connectivity index (χ0n) is 17.0. The molecule has 0 unspecified atom stereocenters. The van der Waals surface area contributed by atoms with Gasteiger partial charge in [0.2, 0.25) is 5.91 Å². The van der Waals surface area contributed by atoms with Gasteiger partial charge in [0, 0.05) is 46.6 Å². The second-order valence-electron chi connectivity index (χ2n) is 7.43. The van der Waals surface area contributed by atoms with E-state index in [9.17, 15) is 14.0 Å². The van der Waals surface area contributed by atoms with Crippen molar-refractivity contribution in [2.24, 2.45) is 0 Å². The number of nitrogens with zero attached hydrogens (tertiary/aromatic N) is 1. The minimum absolute atomic E-state index is 0.0499. The number of halogens is 1. The maximum atomic E-state index is 13.9. The van der Waals surface area contributed by atoms with Gasteiger partial charge in [-0.1, -0.05) is 30.3 Å². The predicted octanol–water partition coefficient (Wildman–Crippen LogP) is 5.12. The van der Waals surface area contributed by atoms with Gasteiger partial charge in [0.15, 0.2) is 0 Å². The Balaban J connectivity index is 1.33. The van der Waals surface area contributed by atoms with Gasteiger partial charge in [0.05, 0.1) is 0 Å². The van der Waals surface area contributed by atoms with Crippen molar-refractivity contribution in [3.05, 3.63) is 88.6 Å². The van der Waals surface area contributed by atoms with E-state index in [-0.39, 0.29) is 17.6 Å². The molecule has 0 radical (unpaired) electrons. The Morgan fingerprint density at radius 3 is 2.65 bits per heavy atom. The van der Waals surface area contributed by atoms with Gasteiger partial charge in [-0.2, -0.15) is 0 Å². The highest BCUT2D eigenvalue weighted by molar-refractivity contribution is 7.16. The summed E-state index contributed by atoms with van der Waals surface area (Å²) in [6, 6.07) is 17.7. The van der Waals surface area contributed by atoms with Crippen molar-refractivity contribution < 1.29 is 14.0 Å². The highest BCUT2D eigenvalue weighted by Gasteiger charge is 2.19. The standard InChI is InChI=1S/C25H23FN2O2S/c26-22-9-2-1-8-21(22)23-12-10-20(31-23)11-13-24(29)27-17-18-6-5-7-19(16-18)25(30)28-14-3-4-15-28/h1-2,5-13,16H,3-4,14-15,17H2,(H,27,29). The molecule has 4 rings (SSSR count). The van der Waals surface area contributed by atoms with Gasteiger partial charge in [0.25, 0.3) is 5.91 Å². The number of carbonyl (C=O) groups is 2. The maximum Gasteiger partial charge on any atom is 0.253 e. The third-order valence-corrected chi connectivity index (χ3v) is 6.28. The second kappa shape index (κ2) is 9.71. The number of rotatable bonds is 6. The lowest BCUT2D eigenvalue weighted by molar-refractivity contribution is -0.116. The van der Waals surface area contributed by atoms with Crippen molar-refractivity contribution in [1.82, 2.24) is 10.2 Å². The third kappa shape index (κ3) is 5.27. The zero-order chi connectivity index (χ0) is 21.6. The van der Waals surface area contributed by atoms with Crippen LogP contribution in [0.5, 0.6) is 0 Å². The van der Waals surface area contributed by atoms with E-state index < -0.39 is 0 Å². The zero-order valence-corrected chi connectivity index (χ0v) is 17.8. The summed E-state index contributed by atoms with van der Waals surface area (Å²) in [4.78, 5) is 28.3. The number of benzene rings is 2. The summed E-state index contributed by atoms with van der Waals surface area (Å²) in [6.45, 7) is 1.97. The van der Waals surface area contributed by atoms with E-state index in [2.05, 4.69) is 5.32 Å². The van der Waals surface area contributed by atoms with Crippen LogP contribution in [0.3, 0.4) is 0 Å². The van der Waals surface area contributed by atoms with Gasteiger partial charge in [-0.3, -0.25) is 9.59 Å². The first-order valence-electron chi connectivity index (χ1n) is 10.3. The maximum absolute atomic E-state index is 13.9. The van der Waals surface area contributed by atoms with Crippen LogP contribution in [-0.4, -0.2) is 29.8 Å². The lowest BCUT2D eigenvalue weighted by atomic mass is 10.1. The van der Waals surface area contributed by atoms with Crippen molar-refractivity contribution in [2.45, 2.75) is 19.4 Å². The van der Waals surface area contributed by atoms with E-state index in [0.717, 1.165) is 41.2 Å². The lowest BCUT2D eigenvalue weighted by Gasteiger charge is -2.15. The molecule has 0 saturated carbocycles. The summed E-state index contributed by atoms with van der Waals surface area (Å²) in [7, 11) is 0. The van der Waals surface area contributed by atoms with Crippen molar-refractivity contribution in [3.63, 3.8) is 0 Å². The molecule has 158 valence electrons. The van der Waals surface area contributed by atoms with E-state index in [4.69, 9.17) is 0 Å². The molecular weight excluding hydrogens is 411 g/mol. The van der Waals surface area contributed by atoms with Crippen LogP contribution in [-0.2, 0) is 11.3 Å². The van der Waals surface area contributed by atoms with E-state index in [1.54, 1.807) is 24.3 Å². The molecule has 2 heterocycles. The van der Waals surface area contributed by atoms with Gasteiger partial charge < -0.3 is 10.2 Å². The minimum atomic E-state index is -0.261. The van der Waals surface area contributed by atoms with Crippen LogP contribution in [0.25, 0.3) is 16.5 Å². The molecule has 2 aromatic carbocycles. The number of thiophene rings is 1. The Morgan fingerprint density at radius 1 is 1.03 bits per heavy atom. The van der Waals surface area contributed by atoms with Gasteiger partial charge >= 0.3 is 0 Å². The molecule has 1 N–H and O–H groups in total. The molecule has 1 aliphatic heterocycles. The topological polar surface area (TPSA) is 49.4 Å². The summed E-state index contributed by atoms with van der Waals surface area (Å²) >= 11 is 1.42. The first-order valence-corrected chi connectivity index (χ1v) is 11.1. The number of nitrogens with one attached hydrogen (secondary N) is 1. The first-order chi connectivity index (χ1) is 15.1. The van der Waals surface area contributed by atoms with Crippen LogP contribution >= 0.6 is 11.3 Å². The molecule has 1 saturated heterocycles. The second-order valence-corrected chi connectivity index (χ2v) is 8.55.